The molecule has 2 unspecified atom stereocenters. The van der Waals surface area contributed by atoms with E-state index < -0.39 is 35.2 Å². The number of carbonyl (C=O) groups excluding carboxylic acids is 4. The Labute approximate surface area is 191 Å². The van der Waals surface area contributed by atoms with Crippen LogP contribution in [0.1, 0.15) is 17.4 Å². The summed E-state index contributed by atoms with van der Waals surface area (Å²) in [7, 11) is 0. The van der Waals surface area contributed by atoms with Crippen LogP contribution in [0.25, 0.3) is 0 Å². The number of thioether (sulfide) groups is 1. The van der Waals surface area contributed by atoms with Crippen LogP contribution in [0.3, 0.4) is 0 Å². The number of rotatable bonds is 7. The third-order valence-corrected chi connectivity index (χ3v) is 5.65. The third-order valence-electron chi connectivity index (χ3n) is 4.32. The topological polar surface area (TPSA) is 135 Å². The Balaban J connectivity index is 0.00000300. The monoisotopic (exact) mass is 431 g/mol. The van der Waals surface area contributed by atoms with Crippen LogP contribution >= 0.6 is 11.8 Å². The Kier molecular flexibility index (Phi) is 7.69. The molecule has 12 heteroatoms. The molecule has 0 spiro atoms. The van der Waals surface area contributed by atoms with Gasteiger partial charge in [0.1, 0.15) is 30.3 Å². The molecule has 29 heavy (non-hydrogen) atoms. The molecule has 0 bridgehead atoms. The summed E-state index contributed by atoms with van der Waals surface area (Å²) >= 11 is 1.28. The standard InChI is InChI=1S/C17H17N3O7S.Na.H/c1-9(22)27-7-10-8-28-16-13(15(24)20(16)14(10)17(25)26)18-12(23)5-19-4-2-3-11(19)6-21;;/h2-4,6,13,16H,5,7-8H2,1H3,(H,18,23)(H,25,26);;. The fraction of sp³-hybridized carbons (Fsp3) is 0.353. The molecule has 1 fully saturated rings. The Morgan fingerprint density at radius 3 is 2.76 bits per heavy atom. The van der Waals surface area contributed by atoms with Gasteiger partial charge in [0.25, 0.3) is 5.91 Å². The summed E-state index contributed by atoms with van der Waals surface area (Å²) in [6.45, 7) is 0.863. The van der Waals surface area contributed by atoms with Crippen molar-refractivity contribution in [3.63, 3.8) is 0 Å². The zero-order chi connectivity index (χ0) is 20.4. The molecule has 2 N–H and O–H groups in total. The quantitative estimate of drug-likeness (QED) is 0.242. The first kappa shape index (κ1) is 23.2. The number of β-lactam (4-membered cyclic amide) rings is 1. The molecule has 0 radical (unpaired) electrons. The summed E-state index contributed by atoms with van der Waals surface area (Å²) < 4.78 is 6.31. The molecule has 2 amide bonds. The van der Waals surface area contributed by atoms with Crippen LogP contribution in [-0.4, -0.2) is 97.9 Å². The average molecular weight is 431 g/mol. The zero-order valence-corrected chi connectivity index (χ0v) is 15.6. The van der Waals surface area contributed by atoms with Crippen LogP contribution in [0.2, 0.25) is 0 Å². The average Bonchev–Trinajstić information content (AvgIpc) is 3.10. The molecule has 0 aromatic carbocycles. The first-order chi connectivity index (χ1) is 13.3. The van der Waals surface area contributed by atoms with Crippen LogP contribution in [0, 0.1) is 0 Å². The molecule has 3 heterocycles. The number of amides is 2. The third kappa shape index (κ3) is 4.74. The first-order valence-electron chi connectivity index (χ1n) is 8.26. The number of aldehydes is 1. The Hall–Kier alpha value is -2.08. The van der Waals surface area contributed by atoms with Crippen molar-refractivity contribution in [2.24, 2.45) is 0 Å². The minimum atomic E-state index is -1.30. The fourth-order valence-electron chi connectivity index (χ4n) is 3.04. The molecule has 0 aliphatic carbocycles. The number of aliphatic carboxylic acids is 1. The zero-order valence-electron chi connectivity index (χ0n) is 14.8. The van der Waals surface area contributed by atoms with Crippen molar-refractivity contribution in [2.45, 2.75) is 24.9 Å². The summed E-state index contributed by atoms with van der Waals surface area (Å²) in [4.78, 5) is 59.4. The molecular weight excluding hydrogens is 413 g/mol. The number of hydrogen-bond acceptors (Lipinski definition) is 7. The van der Waals surface area contributed by atoms with Crippen molar-refractivity contribution < 1.29 is 33.8 Å². The van der Waals surface area contributed by atoms with Gasteiger partial charge in [-0.2, -0.15) is 0 Å². The minimum absolute atomic E-state index is 0. The molecule has 3 rings (SSSR count). The maximum absolute atomic E-state index is 12.5. The number of carboxylic acids is 1. The second-order valence-corrected chi connectivity index (χ2v) is 7.28. The number of nitrogens with one attached hydrogen (secondary N) is 1. The summed E-state index contributed by atoms with van der Waals surface area (Å²) in [5.41, 5.74) is 0.439. The van der Waals surface area contributed by atoms with Crippen molar-refractivity contribution in [2.75, 3.05) is 12.4 Å². The van der Waals surface area contributed by atoms with Gasteiger partial charge in [0.15, 0.2) is 6.29 Å². The van der Waals surface area contributed by atoms with Crippen molar-refractivity contribution in [1.82, 2.24) is 14.8 Å². The Morgan fingerprint density at radius 2 is 2.14 bits per heavy atom. The Bertz CT molecular complexity index is 897. The predicted molar refractivity (Wildman–Crippen MR) is 103 cm³/mol. The van der Waals surface area contributed by atoms with E-state index in [0.29, 0.717) is 17.6 Å². The number of fused-ring (bicyclic) bond motifs is 1. The number of aromatic nitrogens is 1. The summed E-state index contributed by atoms with van der Waals surface area (Å²) in [5.74, 6) is -2.61. The number of nitrogens with zero attached hydrogens (tertiary/aromatic N) is 2. The molecule has 1 saturated heterocycles. The van der Waals surface area contributed by atoms with Crippen molar-refractivity contribution in [3.05, 3.63) is 35.3 Å². The van der Waals surface area contributed by atoms with Crippen molar-refractivity contribution >= 4 is 71.4 Å². The van der Waals surface area contributed by atoms with Gasteiger partial charge in [0.05, 0.1) is 5.69 Å². The van der Waals surface area contributed by atoms with Gasteiger partial charge in [0, 0.05) is 24.4 Å². The van der Waals surface area contributed by atoms with E-state index in [9.17, 15) is 29.1 Å². The van der Waals surface area contributed by atoms with Gasteiger partial charge in [-0.05, 0) is 12.1 Å². The van der Waals surface area contributed by atoms with E-state index in [0.717, 1.165) is 4.90 Å². The van der Waals surface area contributed by atoms with Gasteiger partial charge in [-0.1, -0.05) is 0 Å². The van der Waals surface area contributed by atoms with Gasteiger partial charge in [-0.15, -0.1) is 11.8 Å². The Morgan fingerprint density at radius 1 is 1.41 bits per heavy atom. The maximum atomic E-state index is 12.5. The summed E-state index contributed by atoms with van der Waals surface area (Å²) in [6, 6.07) is 2.32. The van der Waals surface area contributed by atoms with Crippen LogP contribution in [0.15, 0.2) is 29.6 Å². The number of carboxylic acid groups (broad SMARTS) is 1. The normalized spacial score (nSPS) is 20.2. The number of carbonyl (C=O) groups is 5. The molecule has 2 aliphatic heterocycles. The van der Waals surface area contributed by atoms with E-state index in [1.807, 2.05) is 0 Å². The predicted octanol–water partition coefficient (Wildman–Crippen LogP) is -1.05. The van der Waals surface area contributed by atoms with E-state index >= 15 is 0 Å². The van der Waals surface area contributed by atoms with Crippen LogP contribution in [0.5, 0.6) is 0 Å². The van der Waals surface area contributed by atoms with Crippen molar-refractivity contribution in [1.29, 1.82) is 0 Å². The van der Waals surface area contributed by atoms with E-state index in [2.05, 4.69) is 5.32 Å². The molecule has 1 aromatic rings. The molecular formula is C17H18N3NaO7S. The number of ether oxygens (including phenoxy) is 1. The summed E-state index contributed by atoms with van der Waals surface area (Å²) in [5, 5.41) is 11.5. The molecule has 150 valence electrons. The second-order valence-electron chi connectivity index (χ2n) is 6.17. The van der Waals surface area contributed by atoms with Gasteiger partial charge in [0.2, 0.25) is 5.91 Å². The van der Waals surface area contributed by atoms with Crippen LogP contribution in [-0.2, 0) is 30.5 Å². The molecule has 10 nitrogen and oxygen atoms in total. The fourth-order valence-corrected chi connectivity index (χ4v) is 4.36. The van der Waals surface area contributed by atoms with Gasteiger partial charge < -0.3 is 19.7 Å². The molecule has 2 aliphatic rings. The van der Waals surface area contributed by atoms with Crippen LogP contribution < -0.4 is 5.32 Å². The SMILES string of the molecule is CC(=O)OCC1=C(C(=O)O)N2C(=O)C(NC(=O)Cn3cccc3C=O)C2SC1.[NaH]. The number of hydrogen-bond donors (Lipinski definition) is 2. The van der Waals surface area contributed by atoms with Gasteiger partial charge in [-0.3, -0.25) is 24.1 Å². The summed E-state index contributed by atoms with van der Waals surface area (Å²) in [6.07, 6.45) is 2.19. The van der Waals surface area contributed by atoms with Crippen LogP contribution in [0.4, 0.5) is 0 Å². The second kappa shape index (κ2) is 9.61. The molecule has 1 aromatic heterocycles. The van der Waals surface area contributed by atoms with Gasteiger partial charge >= 0.3 is 41.5 Å². The van der Waals surface area contributed by atoms with Gasteiger partial charge in [-0.25, -0.2) is 4.79 Å². The van der Waals surface area contributed by atoms with E-state index in [1.54, 1.807) is 18.3 Å². The molecule has 0 saturated carbocycles. The van der Waals surface area contributed by atoms with Crippen molar-refractivity contribution in [3.8, 4) is 0 Å². The van der Waals surface area contributed by atoms with E-state index in [1.165, 1.54) is 23.3 Å². The van der Waals surface area contributed by atoms with E-state index in [-0.39, 0.29) is 54.2 Å². The van der Waals surface area contributed by atoms with E-state index in [4.69, 9.17) is 4.74 Å². The first-order valence-corrected chi connectivity index (χ1v) is 9.31. The molecule has 2 atom stereocenters. The number of esters is 1.